The molecule has 18 heavy (non-hydrogen) atoms. The Morgan fingerprint density at radius 3 is 2.50 bits per heavy atom. The molecule has 0 radical (unpaired) electrons. The van der Waals surface area contributed by atoms with Crippen LogP contribution in [0.1, 0.15) is 18.9 Å². The summed E-state index contributed by atoms with van der Waals surface area (Å²) in [4.78, 5) is 22.7. The summed E-state index contributed by atoms with van der Waals surface area (Å²) in [6.07, 6.45) is -0.177. The molecule has 0 bridgehead atoms. The van der Waals surface area contributed by atoms with Crippen molar-refractivity contribution in [2.24, 2.45) is 0 Å². The van der Waals surface area contributed by atoms with Gasteiger partial charge >= 0.3 is 12.1 Å². The van der Waals surface area contributed by atoms with Crippen LogP contribution in [0.2, 0.25) is 0 Å². The van der Waals surface area contributed by atoms with Gasteiger partial charge in [0.1, 0.15) is 12.6 Å². The summed E-state index contributed by atoms with van der Waals surface area (Å²) in [5, 5.41) is 2.45. The van der Waals surface area contributed by atoms with Crippen molar-refractivity contribution in [1.29, 1.82) is 0 Å². The molecular formula is C13H17NO4. The molecule has 1 aromatic carbocycles. The summed E-state index contributed by atoms with van der Waals surface area (Å²) < 4.78 is 9.55. The molecule has 1 amide bonds. The second kappa shape index (κ2) is 7.32. The fourth-order valence-corrected chi connectivity index (χ4v) is 1.38. The lowest BCUT2D eigenvalue weighted by molar-refractivity contribution is -0.143. The molecule has 5 heteroatoms. The van der Waals surface area contributed by atoms with Crippen LogP contribution in [0.25, 0.3) is 0 Å². The zero-order valence-electron chi connectivity index (χ0n) is 10.5. The van der Waals surface area contributed by atoms with Crippen molar-refractivity contribution < 1.29 is 19.1 Å². The first-order valence-electron chi connectivity index (χ1n) is 5.72. The number of benzene rings is 1. The van der Waals surface area contributed by atoms with E-state index < -0.39 is 18.1 Å². The van der Waals surface area contributed by atoms with Gasteiger partial charge in [0.25, 0.3) is 0 Å². The number of carbonyl (C=O) groups is 2. The van der Waals surface area contributed by atoms with E-state index in [0.717, 1.165) is 5.56 Å². The van der Waals surface area contributed by atoms with E-state index in [0.29, 0.717) is 6.42 Å². The molecule has 0 heterocycles. The normalized spacial score (nSPS) is 11.4. The molecule has 98 valence electrons. The van der Waals surface area contributed by atoms with Crippen LogP contribution in [0.4, 0.5) is 4.79 Å². The van der Waals surface area contributed by atoms with E-state index >= 15 is 0 Å². The minimum Gasteiger partial charge on any atom is -0.467 e. The van der Waals surface area contributed by atoms with Gasteiger partial charge in [0, 0.05) is 0 Å². The van der Waals surface area contributed by atoms with Crippen molar-refractivity contribution in [2.75, 3.05) is 7.11 Å². The van der Waals surface area contributed by atoms with Crippen LogP contribution < -0.4 is 5.32 Å². The van der Waals surface area contributed by atoms with E-state index in [1.54, 1.807) is 6.92 Å². The maximum atomic E-state index is 11.5. The first-order chi connectivity index (χ1) is 8.67. The highest BCUT2D eigenvalue weighted by Crippen LogP contribution is 2.01. The standard InChI is InChI=1S/C13H17NO4/c1-3-11(12(15)17-2)14-13(16)18-9-10-7-5-4-6-8-10/h4-8,11H,3,9H2,1-2H3,(H,14,16)/t11-/m0/s1. The minimum absolute atomic E-state index is 0.171. The van der Waals surface area contributed by atoms with E-state index in [4.69, 9.17) is 4.74 Å². The number of nitrogens with one attached hydrogen (secondary N) is 1. The van der Waals surface area contributed by atoms with Crippen LogP contribution in [-0.2, 0) is 20.9 Å². The molecule has 0 aliphatic carbocycles. The second-order valence-electron chi connectivity index (χ2n) is 3.69. The first-order valence-corrected chi connectivity index (χ1v) is 5.72. The van der Waals surface area contributed by atoms with Gasteiger partial charge in [-0.2, -0.15) is 0 Å². The lowest BCUT2D eigenvalue weighted by Crippen LogP contribution is -2.41. The van der Waals surface area contributed by atoms with Crippen LogP contribution in [0, 0.1) is 0 Å². The van der Waals surface area contributed by atoms with E-state index in [2.05, 4.69) is 10.1 Å². The molecule has 1 rings (SSSR count). The molecular weight excluding hydrogens is 234 g/mol. The third kappa shape index (κ3) is 4.45. The molecule has 0 spiro atoms. The zero-order valence-corrected chi connectivity index (χ0v) is 10.5. The Labute approximate surface area is 106 Å². The Bertz CT molecular complexity index is 391. The lowest BCUT2D eigenvalue weighted by Gasteiger charge is -2.14. The molecule has 0 unspecified atom stereocenters. The molecule has 1 atom stereocenters. The van der Waals surface area contributed by atoms with Gasteiger partial charge in [0.15, 0.2) is 0 Å². The minimum atomic E-state index is -0.668. The number of alkyl carbamates (subject to hydrolysis) is 1. The maximum absolute atomic E-state index is 11.5. The quantitative estimate of drug-likeness (QED) is 0.811. The Hall–Kier alpha value is -2.04. The number of hydrogen-bond acceptors (Lipinski definition) is 4. The summed E-state index contributed by atoms with van der Waals surface area (Å²) in [5.41, 5.74) is 0.888. The number of esters is 1. The van der Waals surface area contributed by atoms with Gasteiger partial charge < -0.3 is 14.8 Å². The number of amides is 1. The SMILES string of the molecule is CC[C@H](NC(=O)OCc1ccccc1)C(=O)OC. The van der Waals surface area contributed by atoms with Gasteiger partial charge in [0.05, 0.1) is 7.11 Å². The molecule has 0 fully saturated rings. The van der Waals surface area contributed by atoms with E-state index in [1.807, 2.05) is 30.3 Å². The number of methoxy groups -OCH3 is 1. The predicted octanol–water partition coefficient (Wildman–Crippen LogP) is 1.86. The van der Waals surface area contributed by atoms with Gasteiger partial charge in [-0.25, -0.2) is 9.59 Å². The largest absolute Gasteiger partial charge is 0.467 e. The fraction of sp³-hybridized carbons (Fsp3) is 0.385. The Morgan fingerprint density at radius 2 is 1.94 bits per heavy atom. The molecule has 0 saturated heterocycles. The van der Waals surface area contributed by atoms with Crippen molar-refractivity contribution in [3.05, 3.63) is 35.9 Å². The van der Waals surface area contributed by atoms with Crippen LogP contribution in [0.15, 0.2) is 30.3 Å². The van der Waals surface area contributed by atoms with Crippen molar-refractivity contribution in [2.45, 2.75) is 26.0 Å². The highest BCUT2D eigenvalue weighted by molar-refractivity contribution is 5.81. The Morgan fingerprint density at radius 1 is 1.28 bits per heavy atom. The summed E-state index contributed by atoms with van der Waals surface area (Å²) in [5.74, 6) is -0.478. The van der Waals surface area contributed by atoms with Crippen LogP contribution in [0.3, 0.4) is 0 Å². The zero-order chi connectivity index (χ0) is 13.4. The molecule has 1 N–H and O–H groups in total. The average molecular weight is 251 g/mol. The topological polar surface area (TPSA) is 64.6 Å². The molecule has 0 aliphatic rings. The van der Waals surface area contributed by atoms with Crippen LogP contribution in [0.5, 0.6) is 0 Å². The highest BCUT2D eigenvalue weighted by Gasteiger charge is 2.19. The summed E-state index contributed by atoms with van der Waals surface area (Å²) in [6.45, 7) is 1.95. The van der Waals surface area contributed by atoms with E-state index in [-0.39, 0.29) is 6.61 Å². The van der Waals surface area contributed by atoms with Crippen LogP contribution in [-0.4, -0.2) is 25.2 Å². The van der Waals surface area contributed by atoms with Crippen molar-refractivity contribution in [1.82, 2.24) is 5.32 Å². The Balaban J connectivity index is 2.39. The molecule has 5 nitrogen and oxygen atoms in total. The molecule has 1 aromatic rings. The smallest absolute Gasteiger partial charge is 0.408 e. The molecule has 0 saturated carbocycles. The van der Waals surface area contributed by atoms with Crippen molar-refractivity contribution in [3.63, 3.8) is 0 Å². The van der Waals surface area contributed by atoms with Crippen molar-refractivity contribution in [3.8, 4) is 0 Å². The monoisotopic (exact) mass is 251 g/mol. The summed E-state index contributed by atoms with van der Waals surface area (Å²) in [7, 11) is 1.28. The van der Waals surface area contributed by atoms with Gasteiger partial charge in [-0.1, -0.05) is 37.3 Å². The van der Waals surface area contributed by atoms with Gasteiger partial charge in [-0.15, -0.1) is 0 Å². The molecule has 0 aromatic heterocycles. The number of carbonyl (C=O) groups excluding carboxylic acids is 2. The first kappa shape index (κ1) is 14.0. The number of hydrogen-bond donors (Lipinski definition) is 1. The average Bonchev–Trinajstić information content (AvgIpc) is 2.42. The number of ether oxygens (including phenoxy) is 2. The van der Waals surface area contributed by atoms with Gasteiger partial charge in [0.2, 0.25) is 0 Å². The third-order valence-electron chi connectivity index (χ3n) is 2.40. The maximum Gasteiger partial charge on any atom is 0.408 e. The van der Waals surface area contributed by atoms with E-state index in [9.17, 15) is 9.59 Å². The predicted molar refractivity (Wildman–Crippen MR) is 65.9 cm³/mol. The van der Waals surface area contributed by atoms with Crippen LogP contribution >= 0.6 is 0 Å². The second-order valence-corrected chi connectivity index (χ2v) is 3.69. The lowest BCUT2D eigenvalue weighted by atomic mass is 10.2. The third-order valence-corrected chi connectivity index (χ3v) is 2.40. The summed E-state index contributed by atoms with van der Waals surface area (Å²) >= 11 is 0. The van der Waals surface area contributed by atoms with Gasteiger partial charge in [-0.05, 0) is 12.0 Å². The fourth-order valence-electron chi connectivity index (χ4n) is 1.38. The van der Waals surface area contributed by atoms with E-state index in [1.165, 1.54) is 7.11 Å². The number of rotatable bonds is 5. The summed E-state index contributed by atoms with van der Waals surface area (Å²) in [6, 6.07) is 8.64. The highest BCUT2D eigenvalue weighted by atomic mass is 16.6. The van der Waals surface area contributed by atoms with Gasteiger partial charge in [-0.3, -0.25) is 0 Å². The Kier molecular flexibility index (Phi) is 5.70. The van der Waals surface area contributed by atoms with Crippen molar-refractivity contribution >= 4 is 12.1 Å². The molecule has 0 aliphatic heterocycles.